The van der Waals surface area contributed by atoms with Crippen molar-refractivity contribution in [3.05, 3.63) is 47.9 Å². The van der Waals surface area contributed by atoms with Crippen molar-refractivity contribution in [3.63, 3.8) is 0 Å². The summed E-state index contributed by atoms with van der Waals surface area (Å²) in [6.45, 7) is 1.84. The third kappa shape index (κ3) is 4.63. The zero-order valence-corrected chi connectivity index (χ0v) is 15.1. The highest BCUT2D eigenvalue weighted by Crippen LogP contribution is 2.17. The van der Waals surface area contributed by atoms with Gasteiger partial charge in [0.05, 0.1) is 11.1 Å². The van der Waals surface area contributed by atoms with Crippen molar-refractivity contribution in [2.75, 3.05) is 19.4 Å². The van der Waals surface area contributed by atoms with Gasteiger partial charge in [0.25, 0.3) is 0 Å². The van der Waals surface area contributed by atoms with E-state index in [4.69, 9.17) is 16.6 Å². The van der Waals surface area contributed by atoms with E-state index in [-0.39, 0.29) is 10.0 Å². The van der Waals surface area contributed by atoms with Gasteiger partial charge in [0, 0.05) is 19.8 Å². The van der Waals surface area contributed by atoms with E-state index in [0.717, 1.165) is 10.1 Å². The molecule has 0 spiro atoms. The molecular weight excluding hydrogens is 348 g/mol. The number of furan rings is 1. The second-order valence-corrected chi connectivity index (χ2v) is 7.65. The summed E-state index contributed by atoms with van der Waals surface area (Å²) in [4.78, 5) is 0.176. The van der Waals surface area contributed by atoms with Gasteiger partial charge in [-0.05, 0) is 49.5 Å². The Bertz CT molecular complexity index is 857. The van der Waals surface area contributed by atoms with Gasteiger partial charge in [0.1, 0.15) is 11.5 Å². The first-order chi connectivity index (χ1) is 11.3. The second-order valence-electron chi connectivity index (χ2n) is 5.09. The Balaban J connectivity index is 2.00. The molecule has 1 aromatic carbocycles. The molecule has 1 heterocycles. The SMILES string of the molecule is Cc1ccc(/C=N\NC(=S)Nc2cccc(S(=O)(=O)N(C)C)c2)o1. The molecule has 1 aromatic heterocycles. The standard InChI is InChI=1S/C15H18N4O3S2/c1-11-7-8-13(22-11)10-16-18-15(23)17-12-5-4-6-14(9-12)24(20,21)19(2)3/h4-10H,1-3H3,(H2,17,18,23)/b16-10-. The van der Waals surface area contributed by atoms with Crippen LogP contribution in [0.15, 0.2) is 50.8 Å². The first-order valence-corrected chi connectivity index (χ1v) is 8.83. The summed E-state index contributed by atoms with van der Waals surface area (Å²) in [5, 5.41) is 7.06. The van der Waals surface area contributed by atoms with E-state index in [1.807, 2.05) is 13.0 Å². The molecule has 2 rings (SSSR count). The van der Waals surface area contributed by atoms with Crippen LogP contribution in [0.3, 0.4) is 0 Å². The van der Waals surface area contributed by atoms with Crippen LogP contribution in [0.5, 0.6) is 0 Å². The lowest BCUT2D eigenvalue weighted by Crippen LogP contribution is -2.25. The fourth-order valence-electron chi connectivity index (χ4n) is 1.78. The molecule has 0 saturated carbocycles. The number of thiocarbonyl (C=S) groups is 1. The van der Waals surface area contributed by atoms with Gasteiger partial charge in [-0.25, -0.2) is 12.7 Å². The van der Waals surface area contributed by atoms with E-state index in [9.17, 15) is 8.42 Å². The number of rotatable bonds is 5. The van der Waals surface area contributed by atoms with Gasteiger partial charge in [-0.2, -0.15) is 5.10 Å². The summed E-state index contributed by atoms with van der Waals surface area (Å²) >= 11 is 5.12. The molecule has 24 heavy (non-hydrogen) atoms. The van der Waals surface area contributed by atoms with Crippen LogP contribution in [-0.4, -0.2) is 38.1 Å². The summed E-state index contributed by atoms with van der Waals surface area (Å²) in [5.74, 6) is 1.39. The fourth-order valence-corrected chi connectivity index (χ4v) is 2.90. The Morgan fingerprint density at radius 3 is 2.67 bits per heavy atom. The topological polar surface area (TPSA) is 86.9 Å². The number of nitrogens with zero attached hydrogens (tertiary/aromatic N) is 2. The van der Waals surface area contributed by atoms with Crippen LogP contribution < -0.4 is 10.7 Å². The maximum absolute atomic E-state index is 12.1. The smallest absolute Gasteiger partial charge is 0.242 e. The van der Waals surface area contributed by atoms with Crippen LogP contribution in [0, 0.1) is 6.92 Å². The maximum atomic E-state index is 12.1. The number of nitrogens with one attached hydrogen (secondary N) is 2. The minimum Gasteiger partial charge on any atom is -0.460 e. The third-order valence-corrected chi connectivity index (χ3v) is 4.99. The van der Waals surface area contributed by atoms with Crippen LogP contribution in [0.25, 0.3) is 0 Å². The highest BCUT2D eigenvalue weighted by molar-refractivity contribution is 7.89. The molecule has 0 amide bonds. The molecule has 0 aliphatic heterocycles. The van der Waals surface area contributed by atoms with Crippen LogP contribution in [-0.2, 0) is 10.0 Å². The number of hydrogen-bond donors (Lipinski definition) is 2. The highest BCUT2D eigenvalue weighted by atomic mass is 32.2. The monoisotopic (exact) mass is 366 g/mol. The number of sulfonamides is 1. The number of benzene rings is 1. The first-order valence-electron chi connectivity index (χ1n) is 6.98. The lowest BCUT2D eigenvalue weighted by Gasteiger charge is -2.13. The van der Waals surface area contributed by atoms with E-state index in [2.05, 4.69) is 15.8 Å². The van der Waals surface area contributed by atoms with E-state index >= 15 is 0 Å². The molecule has 0 aliphatic rings. The molecule has 0 bridgehead atoms. The Morgan fingerprint density at radius 1 is 1.29 bits per heavy atom. The summed E-state index contributed by atoms with van der Waals surface area (Å²) in [7, 11) is -0.540. The van der Waals surface area contributed by atoms with Gasteiger partial charge in [-0.3, -0.25) is 5.43 Å². The number of hydrogen-bond acceptors (Lipinski definition) is 5. The zero-order valence-electron chi connectivity index (χ0n) is 13.5. The largest absolute Gasteiger partial charge is 0.460 e. The molecule has 0 aliphatic carbocycles. The van der Waals surface area contributed by atoms with Gasteiger partial charge >= 0.3 is 0 Å². The van der Waals surface area contributed by atoms with E-state index in [1.54, 1.807) is 18.2 Å². The molecule has 2 N–H and O–H groups in total. The summed E-state index contributed by atoms with van der Waals surface area (Å²) in [6.07, 6.45) is 1.49. The Morgan fingerprint density at radius 2 is 2.04 bits per heavy atom. The minimum absolute atomic E-state index is 0.176. The van der Waals surface area contributed by atoms with E-state index in [1.165, 1.54) is 32.4 Å². The Hall–Kier alpha value is -2.23. The summed E-state index contributed by atoms with van der Waals surface area (Å²) in [6, 6.07) is 9.98. The van der Waals surface area contributed by atoms with Crippen LogP contribution in [0.2, 0.25) is 0 Å². The molecule has 0 atom stereocenters. The van der Waals surface area contributed by atoms with Crippen molar-refractivity contribution in [1.82, 2.24) is 9.73 Å². The Labute approximate surface area is 146 Å². The van der Waals surface area contributed by atoms with Crippen molar-refractivity contribution >= 4 is 39.3 Å². The predicted molar refractivity (Wildman–Crippen MR) is 97.7 cm³/mol. The quantitative estimate of drug-likeness (QED) is 0.479. The third-order valence-electron chi connectivity index (χ3n) is 2.99. The molecule has 9 heteroatoms. The van der Waals surface area contributed by atoms with E-state index < -0.39 is 10.0 Å². The van der Waals surface area contributed by atoms with Crippen molar-refractivity contribution < 1.29 is 12.8 Å². The summed E-state index contributed by atoms with van der Waals surface area (Å²) in [5.41, 5.74) is 3.18. The van der Waals surface area contributed by atoms with Crippen molar-refractivity contribution in [2.45, 2.75) is 11.8 Å². The Kier molecular flexibility index (Phi) is 5.71. The van der Waals surface area contributed by atoms with Gasteiger partial charge in [-0.1, -0.05) is 6.07 Å². The first kappa shape index (κ1) is 18.1. The molecule has 0 saturated heterocycles. The van der Waals surface area contributed by atoms with Gasteiger partial charge in [0.2, 0.25) is 10.0 Å². The lowest BCUT2D eigenvalue weighted by molar-refractivity contribution is 0.520. The maximum Gasteiger partial charge on any atom is 0.242 e. The second kappa shape index (κ2) is 7.56. The average molecular weight is 366 g/mol. The normalized spacial score (nSPS) is 11.8. The number of aryl methyl sites for hydroxylation is 1. The molecule has 0 fully saturated rings. The predicted octanol–water partition coefficient (Wildman–Crippen LogP) is 2.16. The number of hydrazone groups is 1. The number of anilines is 1. The summed E-state index contributed by atoms with van der Waals surface area (Å²) < 4.78 is 30.7. The molecule has 0 radical (unpaired) electrons. The molecular formula is C15H18N4O3S2. The van der Waals surface area contributed by atoms with Crippen LogP contribution in [0.4, 0.5) is 5.69 Å². The highest BCUT2D eigenvalue weighted by Gasteiger charge is 2.17. The van der Waals surface area contributed by atoms with Gasteiger partial charge < -0.3 is 9.73 Å². The van der Waals surface area contributed by atoms with Gasteiger partial charge in [0.15, 0.2) is 5.11 Å². The zero-order chi connectivity index (χ0) is 17.7. The molecule has 7 nitrogen and oxygen atoms in total. The molecule has 128 valence electrons. The van der Waals surface area contributed by atoms with Crippen LogP contribution >= 0.6 is 12.2 Å². The minimum atomic E-state index is -3.50. The van der Waals surface area contributed by atoms with Crippen molar-refractivity contribution in [2.24, 2.45) is 5.10 Å². The molecule has 2 aromatic rings. The van der Waals surface area contributed by atoms with Crippen LogP contribution in [0.1, 0.15) is 11.5 Å². The van der Waals surface area contributed by atoms with Crippen molar-refractivity contribution in [1.29, 1.82) is 0 Å². The molecule has 0 unspecified atom stereocenters. The average Bonchev–Trinajstić information content (AvgIpc) is 2.93. The van der Waals surface area contributed by atoms with Gasteiger partial charge in [-0.15, -0.1) is 0 Å². The fraction of sp³-hybridized carbons (Fsp3) is 0.200. The van der Waals surface area contributed by atoms with Crippen molar-refractivity contribution in [3.8, 4) is 0 Å². The lowest BCUT2D eigenvalue weighted by atomic mass is 10.3. The van der Waals surface area contributed by atoms with E-state index in [0.29, 0.717) is 11.4 Å².